The van der Waals surface area contributed by atoms with E-state index in [0.29, 0.717) is 13.2 Å². The molecule has 0 radical (unpaired) electrons. The zero-order valence-electron chi connectivity index (χ0n) is 10.9. The molecule has 6 nitrogen and oxygen atoms in total. The molecule has 0 saturated carbocycles. The van der Waals surface area contributed by atoms with Crippen LogP contribution in [0.15, 0.2) is 0 Å². The van der Waals surface area contributed by atoms with Crippen molar-refractivity contribution in [2.75, 3.05) is 26.9 Å². The van der Waals surface area contributed by atoms with E-state index in [-0.39, 0.29) is 24.5 Å². The van der Waals surface area contributed by atoms with Gasteiger partial charge in [0.2, 0.25) is 11.8 Å². The van der Waals surface area contributed by atoms with Crippen molar-refractivity contribution in [2.24, 2.45) is 0 Å². The molecule has 0 aliphatic rings. The summed E-state index contributed by atoms with van der Waals surface area (Å²) in [6, 6.07) is -0.574. The normalized spacial score (nSPS) is 12.3. The molecule has 0 aromatic rings. The molecule has 6 heteroatoms. The van der Waals surface area contributed by atoms with Crippen molar-refractivity contribution in [3.05, 3.63) is 0 Å². The van der Waals surface area contributed by atoms with Crippen LogP contribution in [0.5, 0.6) is 0 Å². The van der Waals surface area contributed by atoms with E-state index >= 15 is 0 Å². The molecule has 0 spiro atoms. The lowest BCUT2D eigenvalue weighted by molar-refractivity contribution is -0.132. The van der Waals surface area contributed by atoms with Crippen molar-refractivity contribution in [3.8, 4) is 0 Å². The summed E-state index contributed by atoms with van der Waals surface area (Å²) in [6.45, 7) is 6.14. The molecule has 0 saturated heterocycles. The van der Waals surface area contributed by atoms with Crippen molar-refractivity contribution in [1.29, 1.82) is 0 Å². The molecule has 0 aromatic heterocycles. The predicted octanol–water partition coefficient (Wildman–Crippen LogP) is -0.321. The Hall–Kier alpha value is -1.14. The van der Waals surface area contributed by atoms with Gasteiger partial charge < -0.3 is 20.1 Å². The van der Waals surface area contributed by atoms with Gasteiger partial charge in [-0.25, -0.2) is 0 Å². The molecule has 17 heavy (non-hydrogen) atoms. The maximum atomic E-state index is 11.5. The molecule has 2 N–H and O–H groups in total. The number of methoxy groups -OCH3 is 1. The van der Waals surface area contributed by atoms with E-state index in [2.05, 4.69) is 10.6 Å². The highest BCUT2D eigenvalue weighted by Gasteiger charge is 2.15. The number of rotatable bonds is 8. The minimum Gasteiger partial charge on any atom is -0.383 e. The first-order valence-electron chi connectivity index (χ1n) is 5.65. The smallest absolute Gasteiger partial charge is 0.246 e. The first-order valence-corrected chi connectivity index (χ1v) is 5.65. The van der Waals surface area contributed by atoms with E-state index in [1.165, 1.54) is 0 Å². The Morgan fingerprint density at radius 3 is 2.41 bits per heavy atom. The molecule has 0 aromatic carbocycles. The number of amides is 2. The highest BCUT2D eigenvalue weighted by molar-refractivity contribution is 5.87. The van der Waals surface area contributed by atoms with E-state index in [0.717, 1.165) is 0 Å². The van der Waals surface area contributed by atoms with Gasteiger partial charge in [0.1, 0.15) is 12.6 Å². The van der Waals surface area contributed by atoms with Crippen molar-refractivity contribution >= 4 is 11.8 Å². The Balaban J connectivity index is 3.78. The zero-order chi connectivity index (χ0) is 13.3. The van der Waals surface area contributed by atoms with Gasteiger partial charge in [-0.05, 0) is 20.8 Å². The molecule has 1 atom stereocenters. The molecule has 0 bridgehead atoms. The highest BCUT2D eigenvalue weighted by atomic mass is 16.5. The van der Waals surface area contributed by atoms with Crippen molar-refractivity contribution in [3.63, 3.8) is 0 Å². The van der Waals surface area contributed by atoms with Gasteiger partial charge in [-0.15, -0.1) is 0 Å². The summed E-state index contributed by atoms with van der Waals surface area (Å²) in [4.78, 5) is 22.8. The summed E-state index contributed by atoms with van der Waals surface area (Å²) in [6.07, 6.45) is -0.00779. The summed E-state index contributed by atoms with van der Waals surface area (Å²) < 4.78 is 9.91. The molecule has 1 unspecified atom stereocenters. The second-order valence-electron chi connectivity index (χ2n) is 3.93. The first kappa shape index (κ1) is 15.9. The first-order chi connectivity index (χ1) is 7.97. The van der Waals surface area contributed by atoms with Gasteiger partial charge >= 0.3 is 0 Å². The topological polar surface area (TPSA) is 76.7 Å². The molecule has 100 valence electrons. The van der Waals surface area contributed by atoms with E-state index in [9.17, 15) is 9.59 Å². The van der Waals surface area contributed by atoms with E-state index in [1.54, 1.807) is 14.0 Å². The summed E-state index contributed by atoms with van der Waals surface area (Å²) in [5.74, 6) is -0.534. The molecule has 0 heterocycles. The fourth-order valence-electron chi connectivity index (χ4n) is 1.02. The van der Waals surface area contributed by atoms with Crippen molar-refractivity contribution in [2.45, 2.75) is 32.9 Å². The lowest BCUT2D eigenvalue weighted by atomic mass is 10.3. The van der Waals surface area contributed by atoms with Crippen LogP contribution in [0.4, 0.5) is 0 Å². The predicted molar refractivity (Wildman–Crippen MR) is 63.6 cm³/mol. The fraction of sp³-hybridized carbons (Fsp3) is 0.818. The van der Waals surface area contributed by atoms with Crippen LogP contribution >= 0.6 is 0 Å². The number of carbonyl (C=O) groups excluding carboxylic acids is 2. The standard InChI is InChI=1S/C11H22N2O4/c1-8(2)17-7-10(14)13-9(3)11(15)12-5-6-16-4/h8-9H,5-7H2,1-4H3,(H,12,15)(H,13,14). The average Bonchev–Trinajstić information content (AvgIpc) is 2.26. The third kappa shape index (κ3) is 8.65. The number of ether oxygens (including phenoxy) is 2. The summed E-state index contributed by atoms with van der Waals surface area (Å²) in [5.41, 5.74) is 0. The average molecular weight is 246 g/mol. The largest absolute Gasteiger partial charge is 0.383 e. The number of nitrogens with one attached hydrogen (secondary N) is 2. The van der Waals surface area contributed by atoms with E-state index < -0.39 is 6.04 Å². The van der Waals surface area contributed by atoms with Gasteiger partial charge in [0, 0.05) is 13.7 Å². The van der Waals surface area contributed by atoms with Crippen LogP contribution < -0.4 is 10.6 Å². The van der Waals surface area contributed by atoms with Crippen LogP contribution in [0, 0.1) is 0 Å². The van der Waals surface area contributed by atoms with Crippen molar-refractivity contribution < 1.29 is 19.1 Å². The Labute approximate surface area is 102 Å². The van der Waals surface area contributed by atoms with Crippen LogP contribution in [-0.4, -0.2) is 50.8 Å². The van der Waals surface area contributed by atoms with E-state index in [4.69, 9.17) is 9.47 Å². The monoisotopic (exact) mass is 246 g/mol. The summed E-state index contributed by atoms with van der Waals surface area (Å²) in [5, 5.41) is 5.18. The van der Waals surface area contributed by atoms with Crippen LogP contribution in [-0.2, 0) is 19.1 Å². The van der Waals surface area contributed by atoms with Gasteiger partial charge in [-0.3, -0.25) is 9.59 Å². The Bertz CT molecular complexity index is 244. The minimum absolute atomic E-state index is 0.00779. The number of carbonyl (C=O) groups is 2. The Kier molecular flexibility index (Phi) is 8.35. The van der Waals surface area contributed by atoms with Crippen LogP contribution in [0.25, 0.3) is 0 Å². The second-order valence-corrected chi connectivity index (χ2v) is 3.93. The third-order valence-corrected chi connectivity index (χ3v) is 1.92. The maximum Gasteiger partial charge on any atom is 0.246 e. The van der Waals surface area contributed by atoms with Gasteiger partial charge in [0.15, 0.2) is 0 Å². The zero-order valence-corrected chi connectivity index (χ0v) is 10.9. The Morgan fingerprint density at radius 2 is 1.88 bits per heavy atom. The molecule has 0 aliphatic carbocycles. The van der Waals surface area contributed by atoms with Crippen molar-refractivity contribution in [1.82, 2.24) is 10.6 Å². The second kappa shape index (κ2) is 8.95. The number of hydrogen-bond donors (Lipinski definition) is 2. The van der Waals surface area contributed by atoms with Crippen LogP contribution in [0.3, 0.4) is 0 Å². The summed E-state index contributed by atoms with van der Waals surface area (Å²) in [7, 11) is 1.56. The Morgan fingerprint density at radius 1 is 1.24 bits per heavy atom. The molecular weight excluding hydrogens is 224 g/mol. The van der Waals surface area contributed by atoms with Gasteiger partial charge in [0.05, 0.1) is 12.7 Å². The van der Waals surface area contributed by atoms with Gasteiger partial charge in [-0.1, -0.05) is 0 Å². The minimum atomic E-state index is -0.574. The summed E-state index contributed by atoms with van der Waals surface area (Å²) >= 11 is 0. The quantitative estimate of drug-likeness (QED) is 0.575. The van der Waals surface area contributed by atoms with Crippen LogP contribution in [0.2, 0.25) is 0 Å². The SMILES string of the molecule is COCCNC(=O)C(C)NC(=O)COC(C)C. The van der Waals surface area contributed by atoms with Crippen LogP contribution in [0.1, 0.15) is 20.8 Å². The van der Waals surface area contributed by atoms with Gasteiger partial charge in [0.25, 0.3) is 0 Å². The lowest BCUT2D eigenvalue weighted by Crippen LogP contribution is -2.46. The molecule has 0 rings (SSSR count). The van der Waals surface area contributed by atoms with Gasteiger partial charge in [-0.2, -0.15) is 0 Å². The molecular formula is C11H22N2O4. The number of hydrogen-bond acceptors (Lipinski definition) is 4. The molecule has 2 amide bonds. The lowest BCUT2D eigenvalue weighted by Gasteiger charge is -2.14. The van der Waals surface area contributed by atoms with E-state index in [1.807, 2.05) is 13.8 Å². The fourth-order valence-corrected chi connectivity index (χ4v) is 1.02. The molecule has 0 fully saturated rings. The highest BCUT2D eigenvalue weighted by Crippen LogP contribution is 1.88. The third-order valence-electron chi connectivity index (χ3n) is 1.92. The molecule has 0 aliphatic heterocycles. The maximum absolute atomic E-state index is 11.5.